The van der Waals surface area contributed by atoms with Crippen LogP contribution in [0, 0.1) is 0 Å². The van der Waals surface area contributed by atoms with Gasteiger partial charge in [0.15, 0.2) is 0 Å². The fourth-order valence-electron chi connectivity index (χ4n) is 1.41. The molecule has 0 aromatic heterocycles. The number of amides is 3. The number of primary amides is 1. The van der Waals surface area contributed by atoms with Crippen molar-refractivity contribution < 1.29 is 19.5 Å². The molecule has 7 nitrogen and oxygen atoms in total. The Kier molecular flexibility index (Phi) is 4.87. The van der Waals surface area contributed by atoms with E-state index in [1.54, 1.807) is 19.1 Å². The van der Waals surface area contributed by atoms with Crippen LogP contribution in [0.4, 0.5) is 10.5 Å². The number of carbonyl (C=O) groups excluding carboxylic acids is 2. The second kappa shape index (κ2) is 6.39. The molecule has 0 saturated carbocycles. The van der Waals surface area contributed by atoms with Crippen molar-refractivity contribution in [3.8, 4) is 0 Å². The molecule has 0 aliphatic heterocycles. The number of nitrogens with two attached hydrogens (primary N) is 1. The average molecular weight is 265 g/mol. The van der Waals surface area contributed by atoms with E-state index in [4.69, 9.17) is 10.8 Å². The number of anilines is 1. The Morgan fingerprint density at radius 2 is 2.05 bits per heavy atom. The third-order valence-electron chi connectivity index (χ3n) is 2.42. The van der Waals surface area contributed by atoms with Crippen molar-refractivity contribution >= 4 is 23.6 Å². The standard InChI is InChI=1S/C12H15N3O4/c1-2-9(11(17)18)15-12(19)14-8-5-3-4-7(6-8)10(13)16/h3-6,9H,2H2,1H3,(H2,13,16)(H,17,18)(H2,14,15,19)/t9-/m0/s1. The normalized spacial score (nSPS) is 11.4. The van der Waals surface area contributed by atoms with Gasteiger partial charge in [0.25, 0.3) is 0 Å². The van der Waals surface area contributed by atoms with Gasteiger partial charge in [0.1, 0.15) is 6.04 Å². The van der Waals surface area contributed by atoms with Crippen molar-refractivity contribution in [2.24, 2.45) is 5.73 Å². The quantitative estimate of drug-likeness (QED) is 0.628. The Hall–Kier alpha value is -2.57. The minimum absolute atomic E-state index is 0.253. The van der Waals surface area contributed by atoms with Gasteiger partial charge in [0.05, 0.1) is 0 Å². The number of benzene rings is 1. The molecule has 19 heavy (non-hydrogen) atoms. The molecule has 7 heteroatoms. The summed E-state index contributed by atoms with van der Waals surface area (Å²) >= 11 is 0. The van der Waals surface area contributed by atoms with Crippen LogP contribution in [0.1, 0.15) is 23.7 Å². The summed E-state index contributed by atoms with van der Waals surface area (Å²) in [5.74, 6) is -1.72. The minimum atomic E-state index is -1.11. The Balaban J connectivity index is 2.69. The lowest BCUT2D eigenvalue weighted by atomic mass is 10.2. The summed E-state index contributed by atoms with van der Waals surface area (Å²) in [6.45, 7) is 1.65. The molecule has 1 rings (SSSR count). The molecule has 1 aromatic carbocycles. The first kappa shape index (κ1) is 14.5. The molecule has 0 radical (unpaired) electrons. The molecule has 1 atom stereocenters. The van der Waals surface area contributed by atoms with Gasteiger partial charge in [-0.15, -0.1) is 0 Å². The van der Waals surface area contributed by atoms with E-state index < -0.39 is 23.9 Å². The zero-order valence-electron chi connectivity index (χ0n) is 10.3. The third kappa shape index (κ3) is 4.30. The lowest BCUT2D eigenvalue weighted by Crippen LogP contribution is -2.42. The van der Waals surface area contributed by atoms with Gasteiger partial charge >= 0.3 is 12.0 Å². The van der Waals surface area contributed by atoms with Gasteiger partial charge in [-0.3, -0.25) is 4.79 Å². The summed E-state index contributed by atoms with van der Waals surface area (Å²) in [7, 11) is 0. The van der Waals surface area contributed by atoms with Crippen LogP contribution in [0.3, 0.4) is 0 Å². The molecule has 0 spiro atoms. The zero-order chi connectivity index (χ0) is 14.4. The third-order valence-corrected chi connectivity index (χ3v) is 2.42. The number of carbonyl (C=O) groups is 3. The van der Waals surface area contributed by atoms with Crippen molar-refractivity contribution in [2.75, 3.05) is 5.32 Å². The Bertz CT molecular complexity index is 502. The molecular weight excluding hydrogens is 250 g/mol. The van der Waals surface area contributed by atoms with Crippen molar-refractivity contribution in [1.29, 1.82) is 0 Å². The van der Waals surface area contributed by atoms with Crippen LogP contribution in [0.2, 0.25) is 0 Å². The minimum Gasteiger partial charge on any atom is -0.480 e. The molecule has 5 N–H and O–H groups in total. The summed E-state index contributed by atoms with van der Waals surface area (Å²) in [4.78, 5) is 33.3. The van der Waals surface area contributed by atoms with Gasteiger partial charge in [-0.2, -0.15) is 0 Å². The maximum absolute atomic E-state index is 11.6. The van der Waals surface area contributed by atoms with Gasteiger partial charge in [0, 0.05) is 11.3 Å². The topological polar surface area (TPSA) is 122 Å². The van der Waals surface area contributed by atoms with Crippen LogP contribution in [-0.4, -0.2) is 29.1 Å². The molecule has 1 aromatic rings. The van der Waals surface area contributed by atoms with Crippen LogP contribution in [-0.2, 0) is 4.79 Å². The highest BCUT2D eigenvalue weighted by molar-refractivity contribution is 5.96. The van der Waals surface area contributed by atoms with Crippen molar-refractivity contribution in [3.63, 3.8) is 0 Å². The largest absolute Gasteiger partial charge is 0.480 e. The average Bonchev–Trinajstić information content (AvgIpc) is 2.35. The number of carboxylic acids is 1. The van der Waals surface area contributed by atoms with E-state index in [9.17, 15) is 14.4 Å². The Labute approximate surface area is 109 Å². The number of hydrogen-bond donors (Lipinski definition) is 4. The molecular formula is C12H15N3O4. The molecule has 0 unspecified atom stereocenters. The van der Waals surface area contributed by atoms with Crippen LogP contribution in [0.25, 0.3) is 0 Å². The van der Waals surface area contributed by atoms with Crippen LogP contribution < -0.4 is 16.4 Å². The van der Waals surface area contributed by atoms with E-state index in [1.165, 1.54) is 12.1 Å². The highest BCUT2D eigenvalue weighted by atomic mass is 16.4. The second-order valence-electron chi connectivity index (χ2n) is 3.84. The highest BCUT2D eigenvalue weighted by Crippen LogP contribution is 2.10. The monoisotopic (exact) mass is 265 g/mol. The number of hydrogen-bond acceptors (Lipinski definition) is 3. The van der Waals surface area contributed by atoms with Gasteiger partial charge < -0.3 is 21.5 Å². The number of nitrogens with one attached hydrogen (secondary N) is 2. The van der Waals surface area contributed by atoms with Crippen molar-refractivity contribution in [2.45, 2.75) is 19.4 Å². The van der Waals surface area contributed by atoms with E-state index in [0.29, 0.717) is 5.69 Å². The summed E-state index contributed by atoms with van der Waals surface area (Å²) < 4.78 is 0. The molecule has 0 aliphatic carbocycles. The summed E-state index contributed by atoms with van der Waals surface area (Å²) in [6, 6.07) is 4.43. The fraction of sp³-hybridized carbons (Fsp3) is 0.250. The maximum Gasteiger partial charge on any atom is 0.326 e. The number of carboxylic acid groups (broad SMARTS) is 1. The first-order valence-corrected chi connectivity index (χ1v) is 5.64. The fourth-order valence-corrected chi connectivity index (χ4v) is 1.41. The summed E-state index contributed by atoms with van der Waals surface area (Å²) in [5.41, 5.74) is 5.72. The van der Waals surface area contributed by atoms with Gasteiger partial charge in [-0.1, -0.05) is 13.0 Å². The van der Waals surface area contributed by atoms with Gasteiger partial charge in [-0.05, 0) is 24.6 Å². The van der Waals surface area contributed by atoms with Crippen molar-refractivity contribution in [1.82, 2.24) is 5.32 Å². The molecule has 0 heterocycles. The zero-order valence-corrected chi connectivity index (χ0v) is 10.3. The van der Waals surface area contributed by atoms with Crippen molar-refractivity contribution in [3.05, 3.63) is 29.8 Å². The predicted molar refractivity (Wildman–Crippen MR) is 68.8 cm³/mol. The highest BCUT2D eigenvalue weighted by Gasteiger charge is 2.17. The first-order chi connectivity index (χ1) is 8.93. The molecule has 102 valence electrons. The second-order valence-corrected chi connectivity index (χ2v) is 3.84. The van der Waals surface area contributed by atoms with Crippen LogP contribution >= 0.6 is 0 Å². The molecule has 0 fully saturated rings. The predicted octanol–water partition coefficient (Wildman–Crippen LogP) is 0.770. The van der Waals surface area contributed by atoms with Crippen LogP contribution in [0.5, 0.6) is 0 Å². The first-order valence-electron chi connectivity index (χ1n) is 5.64. The summed E-state index contributed by atoms with van der Waals surface area (Å²) in [6.07, 6.45) is 0.268. The van der Waals surface area contributed by atoms with E-state index in [2.05, 4.69) is 10.6 Å². The van der Waals surface area contributed by atoms with Gasteiger partial charge in [0.2, 0.25) is 5.91 Å². The summed E-state index contributed by atoms with van der Waals surface area (Å²) in [5, 5.41) is 13.5. The molecule has 0 aliphatic rings. The maximum atomic E-state index is 11.6. The van der Waals surface area contributed by atoms with E-state index in [0.717, 1.165) is 0 Å². The lowest BCUT2D eigenvalue weighted by Gasteiger charge is -2.13. The van der Waals surface area contributed by atoms with E-state index in [1.807, 2.05) is 0 Å². The van der Waals surface area contributed by atoms with Gasteiger partial charge in [-0.25, -0.2) is 9.59 Å². The number of aliphatic carboxylic acids is 1. The Morgan fingerprint density at radius 1 is 1.37 bits per heavy atom. The van der Waals surface area contributed by atoms with E-state index >= 15 is 0 Å². The molecule has 0 bridgehead atoms. The molecule has 0 saturated heterocycles. The smallest absolute Gasteiger partial charge is 0.326 e. The number of urea groups is 1. The SMILES string of the molecule is CC[C@H](NC(=O)Nc1cccc(C(N)=O)c1)C(=O)O. The van der Waals surface area contributed by atoms with E-state index in [-0.39, 0.29) is 12.0 Å². The molecule has 3 amide bonds. The lowest BCUT2D eigenvalue weighted by molar-refractivity contribution is -0.139. The Morgan fingerprint density at radius 3 is 2.58 bits per heavy atom. The number of rotatable bonds is 5. The van der Waals surface area contributed by atoms with Crippen LogP contribution in [0.15, 0.2) is 24.3 Å².